The average Bonchev–Trinajstić information content (AvgIpc) is 2.38. The van der Waals surface area contributed by atoms with Gasteiger partial charge in [0.05, 0.1) is 19.3 Å². The summed E-state index contributed by atoms with van der Waals surface area (Å²) in [6, 6.07) is 5.62. The van der Waals surface area contributed by atoms with Gasteiger partial charge in [0.25, 0.3) is 0 Å². The molecule has 1 aromatic carbocycles. The highest BCUT2D eigenvalue weighted by Gasteiger charge is 2.27. The maximum atomic E-state index is 12.4. The third-order valence-corrected chi connectivity index (χ3v) is 3.18. The largest absolute Gasteiger partial charge is 0.496 e. The second-order valence-electron chi connectivity index (χ2n) is 4.69. The van der Waals surface area contributed by atoms with Crippen LogP contribution in [0.3, 0.4) is 0 Å². The molecule has 1 fully saturated rings. The lowest BCUT2D eigenvalue weighted by molar-refractivity contribution is -0.00875. The smallest absolute Gasteiger partial charge is 0.196 e. The number of ketones is 1. The molecule has 0 amide bonds. The van der Waals surface area contributed by atoms with Gasteiger partial charge < -0.3 is 14.4 Å². The number of hydrogen-bond acceptors (Lipinski definition) is 4. The molecule has 98 valence electrons. The van der Waals surface area contributed by atoms with Gasteiger partial charge in [0.1, 0.15) is 11.9 Å². The summed E-state index contributed by atoms with van der Waals surface area (Å²) in [5.41, 5.74) is 1.65. The van der Waals surface area contributed by atoms with Crippen molar-refractivity contribution in [3.05, 3.63) is 29.3 Å². The van der Waals surface area contributed by atoms with Crippen molar-refractivity contribution in [3.63, 3.8) is 0 Å². The summed E-state index contributed by atoms with van der Waals surface area (Å²) in [7, 11) is 3.57. The van der Waals surface area contributed by atoms with Crippen LogP contribution in [0.5, 0.6) is 5.75 Å². The zero-order valence-electron chi connectivity index (χ0n) is 11.1. The van der Waals surface area contributed by atoms with E-state index in [2.05, 4.69) is 4.90 Å². The van der Waals surface area contributed by atoms with E-state index in [0.717, 1.165) is 12.1 Å². The lowest BCUT2D eigenvalue weighted by Gasteiger charge is -2.29. The van der Waals surface area contributed by atoms with E-state index < -0.39 is 0 Å². The number of hydrogen-bond donors (Lipinski definition) is 0. The standard InChI is InChI=1S/C14H19NO3/c1-10-4-5-12(17-3)11(8-10)14(16)13-9-15(2)6-7-18-13/h4-5,8,13H,6-7,9H2,1-3H3. The molecule has 0 saturated carbocycles. The molecule has 1 heterocycles. The van der Waals surface area contributed by atoms with Gasteiger partial charge in [0, 0.05) is 13.1 Å². The van der Waals surface area contributed by atoms with Crippen molar-refractivity contribution >= 4 is 5.78 Å². The van der Waals surface area contributed by atoms with Gasteiger partial charge >= 0.3 is 0 Å². The molecule has 0 aromatic heterocycles. The Hall–Kier alpha value is -1.39. The van der Waals surface area contributed by atoms with Crippen LogP contribution in [0.2, 0.25) is 0 Å². The van der Waals surface area contributed by atoms with E-state index in [0.29, 0.717) is 24.5 Å². The van der Waals surface area contributed by atoms with Gasteiger partial charge in [-0.05, 0) is 26.1 Å². The van der Waals surface area contributed by atoms with E-state index in [9.17, 15) is 4.79 Å². The fourth-order valence-corrected chi connectivity index (χ4v) is 2.12. The molecule has 1 saturated heterocycles. The van der Waals surface area contributed by atoms with E-state index in [1.54, 1.807) is 7.11 Å². The van der Waals surface area contributed by atoms with Crippen molar-refractivity contribution in [2.45, 2.75) is 13.0 Å². The average molecular weight is 249 g/mol. The molecule has 1 unspecified atom stereocenters. The van der Waals surface area contributed by atoms with E-state index in [-0.39, 0.29) is 11.9 Å². The van der Waals surface area contributed by atoms with Gasteiger partial charge in [0.15, 0.2) is 5.78 Å². The van der Waals surface area contributed by atoms with Crippen LogP contribution in [0, 0.1) is 6.92 Å². The number of Topliss-reactive ketones (excluding diaryl/α,β-unsaturated/α-hetero) is 1. The second-order valence-corrected chi connectivity index (χ2v) is 4.69. The number of morpholine rings is 1. The van der Waals surface area contributed by atoms with Gasteiger partial charge in [-0.3, -0.25) is 4.79 Å². The lowest BCUT2D eigenvalue weighted by Crippen LogP contribution is -2.44. The molecule has 1 atom stereocenters. The monoisotopic (exact) mass is 249 g/mol. The van der Waals surface area contributed by atoms with Crippen LogP contribution in [0.1, 0.15) is 15.9 Å². The Labute approximate surface area is 107 Å². The van der Waals surface area contributed by atoms with Crippen LogP contribution in [-0.2, 0) is 4.74 Å². The molecule has 0 radical (unpaired) electrons. The third kappa shape index (κ3) is 2.71. The van der Waals surface area contributed by atoms with E-state index in [4.69, 9.17) is 9.47 Å². The van der Waals surface area contributed by atoms with Gasteiger partial charge in [-0.25, -0.2) is 0 Å². The Balaban J connectivity index is 2.24. The van der Waals surface area contributed by atoms with Crippen LogP contribution >= 0.6 is 0 Å². The number of carbonyl (C=O) groups is 1. The third-order valence-electron chi connectivity index (χ3n) is 3.18. The fourth-order valence-electron chi connectivity index (χ4n) is 2.12. The van der Waals surface area contributed by atoms with Crippen molar-refractivity contribution < 1.29 is 14.3 Å². The summed E-state index contributed by atoms with van der Waals surface area (Å²) in [6.45, 7) is 4.07. The topological polar surface area (TPSA) is 38.8 Å². The molecule has 1 aliphatic rings. The number of aryl methyl sites for hydroxylation is 1. The fraction of sp³-hybridized carbons (Fsp3) is 0.500. The van der Waals surface area contributed by atoms with Crippen LogP contribution in [0.15, 0.2) is 18.2 Å². The first-order chi connectivity index (χ1) is 8.61. The van der Waals surface area contributed by atoms with Crippen molar-refractivity contribution in [3.8, 4) is 5.75 Å². The van der Waals surface area contributed by atoms with E-state index in [1.807, 2.05) is 32.2 Å². The molecule has 2 rings (SSSR count). The highest BCUT2D eigenvalue weighted by Crippen LogP contribution is 2.22. The zero-order valence-corrected chi connectivity index (χ0v) is 11.1. The first-order valence-corrected chi connectivity index (χ1v) is 6.11. The molecule has 1 aliphatic heterocycles. The maximum absolute atomic E-state index is 12.4. The zero-order chi connectivity index (χ0) is 13.1. The quantitative estimate of drug-likeness (QED) is 0.761. The normalized spacial score (nSPS) is 20.7. The van der Waals surface area contributed by atoms with Crippen molar-refractivity contribution in [1.29, 1.82) is 0 Å². The molecule has 0 N–H and O–H groups in total. The van der Waals surface area contributed by atoms with Gasteiger partial charge in [0.2, 0.25) is 0 Å². The predicted molar refractivity (Wildman–Crippen MR) is 69.3 cm³/mol. The summed E-state index contributed by atoms with van der Waals surface area (Å²) in [4.78, 5) is 14.6. The van der Waals surface area contributed by atoms with Crippen molar-refractivity contribution in [1.82, 2.24) is 4.90 Å². The lowest BCUT2D eigenvalue weighted by atomic mass is 10.0. The molecule has 4 heteroatoms. The Morgan fingerprint density at radius 2 is 2.28 bits per heavy atom. The number of rotatable bonds is 3. The summed E-state index contributed by atoms with van der Waals surface area (Å²) >= 11 is 0. The van der Waals surface area contributed by atoms with Crippen molar-refractivity contribution in [2.75, 3.05) is 33.9 Å². The highest BCUT2D eigenvalue weighted by atomic mass is 16.5. The van der Waals surface area contributed by atoms with Crippen LogP contribution in [0.25, 0.3) is 0 Å². The maximum Gasteiger partial charge on any atom is 0.196 e. The number of likely N-dealkylation sites (N-methyl/N-ethyl adjacent to an activating group) is 1. The minimum absolute atomic E-state index is 0.00194. The molecular formula is C14H19NO3. The molecule has 1 aromatic rings. The summed E-state index contributed by atoms with van der Waals surface area (Å²) in [5, 5.41) is 0. The molecule has 0 aliphatic carbocycles. The van der Waals surface area contributed by atoms with Crippen LogP contribution in [-0.4, -0.2) is 50.6 Å². The SMILES string of the molecule is COc1ccc(C)cc1C(=O)C1CN(C)CCO1. The van der Waals surface area contributed by atoms with Crippen molar-refractivity contribution in [2.24, 2.45) is 0 Å². The van der Waals surface area contributed by atoms with Crippen LogP contribution < -0.4 is 4.74 Å². The first kappa shape index (κ1) is 13.1. The van der Waals surface area contributed by atoms with Gasteiger partial charge in [-0.1, -0.05) is 11.6 Å². The molecule has 0 spiro atoms. The Morgan fingerprint density at radius 1 is 1.50 bits per heavy atom. The number of nitrogens with zero attached hydrogens (tertiary/aromatic N) is 1. The summed E-state index contributed by atoms with van der Waals surface area (Å²) < 4.78 is 10.8. The van der Waals surface area contributed by atoms with Crippen LogP contribution in [0.4, 0.5) is 0 Å². The first-order valence-electron chi connectivity index (χ1n) is 6.11. The Morgan fingerprint density at radius 3 is 2.94 bits per heavy atom. The summed E-state index contributed by atoms with van der Waals surface area (Å²) in [5.74, 6) is 0.615. The molecular weight excluding hydrogens is 230 g/mol. The van der Waals surface area contributed by atoms with Gasteiger partial charge in [-0.15, -0.1) is 0 Å². The Bertz CT molecular complexity index is 445. The second kappa shape index (κ2) is 5.50. The van der Waals surface area contributed by atoms with E-state index >= 15 is 0 Å². The molecule has 18 heavy (non-hydrogen) atoms. The minimum Gasteiger partial charge on any atom is -0.496 e. The number of carbonyl (C=O) groups excluding carboxylic acids is 1. The number of ether oxygens (including phenoxy) is 2. The minimum atomic E-state index is -0.389. The number of benzene rings is 1. The highest BCUT2D eigenvalue weighted by molar-refractivity contribution is 6.02. The van der Waals surface area contributed by atoms with Gasteiger partial charge in [-0.2, -0.15) is 0 Å². The van der Waals surface area contributed by atoms with E-state index in [1.165, 1.54) is 0 Å². The molecule has 4 nitrogen and oxygen atoms in total. The Kier molecular flexibility index (Phi) is 3.99. The molecule has 0 bridgehead atoms. The predicted octanol–water partition coefficient (Wildman–Crippen LogP) is 1.52. The number of methoxy groups -OCH3 is 1. The summed E-state index contributed by atoms with van der Waals surface area (Å²) in [6.07, 6.45) is -0.389.